The van der Waals surface area contributed by atoms with E-state index in [0.29, 0.717) is 5.88 Å². The van der Waals surface area contributed by atoms with E-state index in [-0.39, 0.29) is 0 Å². The van der Waals surface area contributed by atoms with E-state index in [4.69, 9.17) is 11.6 Å². The number of aromatic nitrogens is 2. The van der Waals surface area contributed by atoms with Crippen LogP contribution < -0.4 is 0 Å². The Labute approximate surface area is 90.6 Å². The highest BCUT2D eigenvalue weighted by Gasteiger charge is 2.06. The van der Waals surface area contributed by atoms with E-state index in [1.807, 2.05) is 18.7 Å². The molecular formula is C11H17ClN2. The third-order valence-corrected chi connectivity index (χ3v) is 2.88. The number of alkyl halides is 1. The van der Waals surface area contributed by atoms with Crippen LogP contribution in [0.4, 0.5) is 0 Å². The highest BCUT2D eigenvalue weighted by atomic mass is 35.5. The van der Waals surface area contributed by atoms with Gasteiger partial charge in [0, 0.05) is 24.2 Å². The van der Waals surface area contributed by atoms with Crippen LogP contribution in [0.1, 0.15) is 30.3 Å². The minimum atomic E-state index is 0.601. The molecule has 0 aliphatic rings. The monoisotopic (exact) mass is 212 g/mol. The van der Waals surface area contributed by atoms with Crippen molar-refractivity contribution >= 4 is 17.7 Å². The summed E-state index contributed by atoms with van der Waals surface area (Å²) in [6.07, 6.45) is 3.15. The number of halogens is 1. The topological polar surface area (TPSA) is 17.8 Å². The lowest BCUT2D eigenvalue weighted by molar-refractivity contribution is 0.731. The van der Waals surface area contributed by atoms with Crippen molar-refractivity contribution in [2.75, 3.05) is 5.88 Å². The third-order valence-electron chi connectivity index (χ3n) is 2.54. The van der Waals surface area contributed by atoms with Crippen LogP contribution in [0.15, 0.2) is 5.57 Å². The van der Waals surface area contributed by atoms with Gasteiger partial charge in [-0.1, -0.05) is 18.6 Å². The van der Waals surface area contributed by atoms with E-state index >= 15 is 0 Å². The van der Waals surface area contributed by atoms with Gasteiger partial charge in [0.05, 0.1) is 5.69 Å². The van der Waals surface area contributed by atoms with Crippen molar-refractivity contribution in [3.8, 4) is 0 Å². The molecule has 0 atom stereocenters. The summed E-state index contributed by atoms with van der Waals surface area (Å²) in [6.45, 7) is 6.23. The second kappa shape index (κ2) is 4.65. The van der Waals surface area contributed by atoms with E-state index in [0.717, 1.165) is 12.1 Å². The van der Waals surface area contributed by atoms with Crippen molar-refractivity contribution in [3.63, 3.8) is 0 Å². The summed E-state index contributed by atoms with van der Waals surface area (Å²) in [5.41, 5.74) is 4.73. The van der Waals surface area contributed by atoms with Crippen molar-refractivity contribution in [1.29, 1.82) is 0 Å². The summed E-state index contributed by atoms with van der Waals surface area (Å²) < 4.78 is 1.91. The largest absolute Gasteiger partial charge is 0.272 e. The molecule has 78 valence electrons. The molecule has 2 nitrogen and oxygen atoms in total. The summed E-state index contributed by atoms with van der Waals surface area (Å²) in [7, 11) is 1.96. The van der Waals surface area contributed by atoms with Gasteiger partial charge in [-0.05, 0) is 20.3 Å². The van der Waals surface area contributed by atoms with Gasteiger partial charge in [-0.15, -0.1) is 11.6 Å². The molecule has 0 bridgehead atoms. The van der Waals surface area contributed by atoms with E-state index in [2.05, 4.69) is 25.0 Å². The molecule has 0 aliphatic heterocycles. The molecule has 14 heavy (non-hydrogen) atoms. The first kappa shape index (κ1) is 11.3. The first-order valence-corrected chi connectivity index (χ1v) is 5.39. The Balaban J connectivity index is 3.12. The molecule has 0 fully saturated rings. The molecule has 0 saturated heterocycles. The maximum absolute atomic E-state index is 5.83. The molecule has 0 aromatic carbocycles. The summed E-state index contributed by atoms with van der Waals surface area (Å²) >= 11 is 5.83. The molecule has 3 heteroatoms. The lowest BCUT2D eigenvalue weighted by Crippen LogP contribution is -1.92. The maximum atomic E-state index is 5.83. The summed E-state index contributed by atoms with van der Waals surface area (Å²) in [4.78, 5) is 0. The molecule has 0 unspecified atom stereocenters. The van der Waals surface area contributed by atoms with Crippen LogP contribution in [-0.4, -0.2) is 15.7 Å². The predicted octanol–water partition coefficient (Wildman–Crippen LogP) is 3.07. The molecule has 0 N–H and O–H groups in total. The Bertz CT molecular complexity index is 344. The van der Waals surface area contributed by atoms with Gasteiger partial charge >= 0.3 is 0 Å². The average Bonchev–Trinajstić information content (AvgIpc) is 2.40. The molecule has 0 radical (unpaired) electrons. The van der Waals surface area contributed by atoms with Crippen molar-refractivity contribution in [1.82, 2.24) is 9.78 Å². The van der Waals surface area contributed by atoms with Crippen LogP contribution >= 0.6 is 11.6 Å². The van der Waals surface area contributed by atoms with E-state index in [1.165, 1.54) is 16.8 Å². The Morgan fingerprint density at radius 2 is 2.14 bits per heavy atom. The van der Waals surface area contributed by atoms with Gasteiger partial charge in [0.2, 0.25) is 0 Å². The van der Waals surface area contributed by atoms with E-state index in [1.54, 1.807) is 0 Å². The van der Waals surface area contributed by atoms with Crippen molar-refractivity contribution in [2.45, 2.75) is 27.2 Å². The van der Waals surface area contributed by atoms with E-state index < -0.39 is 0 Å². The fraction of sp³-hybridized carbons (Fsp3) is 0.545. The molecule has 0 aliphatic carbocycles. The molecule has 1 aromatic heterocycles. The molecule has 0 saturated carbocycles. The van der Waals surface area contributed by atoms with Crippen LogP contribution in [0.25, 0.3) is 6.08 Å². The molecule has 1 rings (SSSR count). The van der Waals surface area contributed by atoms with Gasteiger partial charge in [0.15, 0.2) is 0 Å². The highest BCUT2D eigenvalue weighted by Crippen LogP contribution is 2.17. The Morgan fingerprint density at radius 3 is 2.50 bits per heavy atom. The highest BCUT2D eigenvalue weighted by molar-refractivity contribution is 6.19. The maximum Gasteiger partial charge on any atom is 0.0668 e. The number of aryl methyl sites for hydroxylation is 2. The second-order valence-corrected chi connectivity index (χ2v) is 3.77. The summed E-state index contributed by atoms with van der Waals surface area (Å²) in [5.74, 6) is 0.601. The summed E-state index contributed by atoms with van der Waals surface area (Å²) in [5, 5.41) is 4.36. The van der Waals surface area contributed by atoms with Crippen LogP contribution in [-0.2, 0) is 7.05 Å². The zero-order chi connectivity index (χ0) is 10.7. The van der Waals surface area contributed by atoms with Crippen LogP contribution in [0.3, 0.4) is 0 Å². The van der Waals surface area contributed by atoms with Gasteiger partial charge in [-0.2, -0.15) is 5.10 Å². The SMILES string of the molecule is CCC(=Cc1c(C)nn(C)c1C)CCl. The lowest BCUT2D eigenvalue weighted by Gasteiger charge is -2.00. The van der Waals surface area contributed by atoms with Crippen molar-refractivity contribution in [2.24, 2.45) is 7.05 Å². The average molecular weight is 213 g/mol. The zero-order valence-electron chi connectivity index (χ0n) is 9.26. The third kappa shape index (κ3) is 2.18. The van der Waals surface area contributed by atoms with Gasteiger partial charge in [0.25, 0.3) is 0 Å². The lowest BCUT2D eigenvalue weighted by atomic mass is 10.1. The predicted molar refractivity (Wildman–Crippen MR) is 61.7 cm³/mol. The molecular weight excluding hydrogens is 196 g/mol. The minimum Gasteiger partial charge on any atom is -0.272 e. The van der Waals surface area contributed by atoms with Crippen LogP contribution in [0.2, 0.25) is 0 Å². The fourth-order valence-electron chi connectivity index (χ4n) is 1.44. The van der Waals surface area contributed by atoms with E-state index in [9.17, 15) is 0 Å². The molecule has 0 spiro atoms. The van der Waals surface area contributed by atoms with Crippen molar-refractivity contribution < 1.29 is 0 Å². The zero-order valence-corrected chi connectivity index (χ0v) is 10.0. The Morgan fingerprint density at radius 1 is 1.50 bits per heavy atom. The number of nitrogens with zero attached hydrogens (tertiary/aromatic N) is 2. The number of hydrogen-bond donors (Lipinski definition) is 0. The van der Waals surface area contributed by atoms with Crippen LogP contribution in [0.5, 0.6) is 0 Å². The second-order valence-electron chi connectivity index (χ2n) is 3.50. The van der Waals surface area contributed by atoms with Gasteiger partial charge in [-0.25, -0.2) is 0 Å². The Kier molecular flexibility index (Phi) is 3.76. The summed E-state index contributed by atoms with van der Waals surface area (Å²) in [6, 6.07) is 0. The van der Waals surface area contributed by atoms with Gasteiger partial charge < -0.3 is 0 Å². The molecule has 1 aromatic rings. The molecule has 1 heterocycles. The van der Waals surface area contributed by atoms with Crippen molar-refractivity contribution in [3.05, 3.63) is 22.5 Å². The molecule has 0 amide bonds. The standard InChI is InChI=1S/C11H17ClN2/c1-5-10(7-12)6-11-8(2)13-14(4)9(11)3/h6H,5,7H2,1-4H3. The van der Waals surface area contributed by atoms with Crippen LogP contribution in [0, 0.1) is 13.8 Å². The number of allylic oxidation sites excluding steroid dienone is 1. The Hall–Kier alpha value is -0.760. The fourth-order valence-corrected chi connectivity index (χ4v) is 1.70. The smallest absolute Gasteiger partial charge is 0.0668 e. The normalized spacial score (nSPS) is 12.2. The number of rotatable bonds is 3. The minimum absolute atomic E-state index is 0.601. The van der Waals surface area contributed by atoms with Gasteiger partial charge in [0.1, 0.15) is 0 Å². The quantitative estimate of drug-likeness (QED) is 0.705. The first-order valence-electron chi connectivity index (χ1n) is 4.85. The first-order chi connectivity index (χ1) is 6.60. The number of hydrogen-bond acceptors (Lipinski definition) is 1. The van der Waals surface area contributed by atoms with Gasteiger partial charge in [-0.3, -0.25) is 4.68 Å².